The lowest BCUT2D eigenvalue weighted by Crippen LogP contribution is -2.34. The number of hydrogen-bond acceptors (Lipinski definition) is 4. The average Bonchev–Trinajstić information content (AvgIpc) is 2.95. The lowest BCUT2D eigenvalue weighted by molar-refractivity contribution is 0.0277. The monoisotopic (exact) mass is 324 g/mol. The Balaban J connectivity index is 1.63. The van der Waals surface area contributed by atoms with E-state index in [1.807, 2.05) is 25.1 Å². The van der Waals surface area contributed by atoms with E-state index in [1.54, 1.807) is 4.31 Å². The zero-order valence-electron chi connectivity index (χ0n) is 13.3. The first-order valence-electron chi connectivity index (χ1n) is 7.84. The highest BCUT2D eigenvalue weighted by atomic mass is 32.2. The average molecular weight is 324 g/mol. The van der Waals surface area contributed by atoms with Crippen molar-refractivity contribution in [3.8, 4) is 0 Å². The number of pyridine rings is 1. The molecule has 0 spiro atoms. The molecule has 2 heterocycles. The summed E-state index contributed by atoms with van der Waals surface area (Å²) in [4.78, 5) is 4.44. The van der Waals surface area contributed by atoms with Crippen molar-refractivity contribution in [1.29, 1.82) is 0 Å². The van der Waals surface area contributed by atoms with Crippen molar-refractivity contribution in [3.05, 3.63) is 29.6 Å². The molecule has 0 amide bonds. The van der Waals surface area contributed by atoms with Gasteiger partial charge in [-0.15, -0.1) is 0 Å². The van der Waals surface area contributed by atoms with Crippen LogP contribution >= 0.6 is 0 Å². The van der Waals surface area contributed by atoms with Gasteiger partial charge in [-0.2, -0.15) is 0 Å². The molecule has 1 aromatic rings. The van der Waals surface area contributed by atoms with E-state index in [0.717, 1.165) is 24.2 Å². The lowest BCUT2D eigenvalue weighted by atomic mass is 9.82. The van der Waals surface area contributed by atoms with Crippen LogP contribution in [0.15, 0.2) is 18.2 Å². The first-order chi connectivity index (χ1) is 10.4. The molecule has 1 aromatic heterocycles. The second kappa shape index (κ2) is 5.91. The third-order valence-electron chi connectivity index (χ3n) is 5.06. The molecular weight excluding hydrogens is 300 g/mol. The summed E-state index contributed by atoms with van der Waals surface area (Å²) in [6.45, 7) is 4.35. The molecule has 2 aliphatic rings. The van der Waals surface area contributed by atoms with E-state index in [-0.39, 0.29) is 5.41 Å². The number of hydrogen-bond donors (Lipinski definition) is 0. The summed E-state index contributed by atoms with van der Waals surface area (Å²) in [5.41, 5.74) is 1.93. The fourth-order valence-electron chi connectivity index (χ4n) is 3.89. The summed E-state index contributed by atoms with van der Waals surface area (Å²) in [7, 11) is -3.10. The molecule has 1 saturated heterocycles. The van der Waals surface area contributed by atoms with Crippen molar-refractivity contribution in [2.75, 3.05) is 26.0 Å². The highest BCUT2D eigenvalue weighted by molar-refractivity contribution is 7.88. The molecule has 2 atom stereocenters. The van der Waals surface area contributed by atoms with Crippen molar-refractivity contribution in [2.24, 2.45) is 11.3 Å². The van der Waals surface area contributed by atoms with E-state index >= 15 is 0 Å². The minimum absolute atomic E-state index is 0.00685. The Bertz CT molecular complexity index is 647. The SMILES string of the molecule is Cc1cccc(COC[C@]23CCC[C@H]2CN(S(C)(=O)=O)C3)n1. The number of sulfonamides is 1. The second-order valence-corrected chi connectivity index (χ2v) is 8.75. The van der Waals surface area contributed by atoms with Crippen LogP contribution in [-0.2, 0) is 21.4 Å². The molecular formula is C16H24N2O3S. The maximum Gasteiger partial charge on any atom is 0.211 e. The fraction of sp³-hybridized carbons (Fsp3) is 0.688. The predicted molar refractivity (Wildman–Crippen MR) is 84.8 cm³/mol. The van der Waals surface area contributed by atoms with Crippen LogP contribution in [0.1, 0.15) is 30.7 Å². The van der Waals surface area contributed by atoms with Gasteiger partial charge in [0.2, 0.25) is 10.0 Å². The Kier molecular flexibility index (Phi) is 4.27. The molecule has 0 N–H and O–H groups in total. The van der Waals surface area contributed by atoms with E-state index in [9.17, 15) is 8.42 Å². The van der Waals surface area contributed by atoms with E-state index in [1.165, 1.54) is 12.7 Å². The van der Waals surface area contributed by atoms with Gasteiger partial charge >= 0.3 is 0 Å². The highest BCUT2D eigenvalue weighted by Gasteiger charge is 2.51. The minimum Gasteiger partial charge on any atom is -0.375 e. The summed E-state index contributed by atoms with van der Waals surface area (Å²) in [6.07, 6.45) is 4.65. The summed E-state index contributed by atoms with van der Waals surface area (Å²) >= 11 is 0. The van der Waals surface area contributed by atoms with Crippen LogP contribution in [0.4, 0.5) is 0 Å². The van der Waals surface area contributed by atoms with Crippen LogP contribution < -0.4 is 0 Å². The largest absolute Gasteiger partial charge is 0.375 e. The molecule has 1 aliphatic carbocycles. The standard InChI is InChI=1S/C16H24N2O3S/c1-13-5-3-7-15(17-13)10-21-12-16-8-4-6-14(16)9-18(11-16)22(2,19)20/h3,5,7,14H,4,6,8-12H2,1-2H3/t14-,16+/m0/s1. The first kappa shape index (κ1) is 15.9. The van der Waals surface area contributed by atoms with Crippen LogP contribution in [0, 0.1) is 18.3 Å². The fourth-order valence-corrected chi connectivity index (χ4v) is 4.83. The van der Waals surface area contributed by atoms with Crippen LogP contribution in [0.2, 0.25) is 0 Å². The third-order valence-corrected chi connectivity index (χ3v) is 6.28. The molecule has 0 aromatic carbocycles. The van der Waals surface area contributed by atoms with Crippen molar-refractivity contribution >= 4 is 10.0 Å². The Morgan fingerprint density at radius 1 is 1.45 bits per heavy atom. The summed E-state index contributed by atoms with van der Waals surface area (Å²) in [6, 6.07) is 5.92. The van der Waals surface area contributed by atoms with Gasteiger partial charge in [-0.3, -0.25) is 4.98 Å². The molecule has 1 saturated carbocycles. The van der Waals surface area contributed by atoms with Gasteiger partial charge in [-0.05, 0) is 37.8 Å². The molecule has 0 radical (unpaired) electrons. The Labute approximate surface area is 132 Å². The third kappa shape index (κ3) is 3.19. The van der Waals surface area contributed by atoms with Crippen LogP contribution in [0.25, 0.3) is 0 Å². The Morgan fingerprint density at radius 2 is 2.27 bits per heavy atom. The van der Waals surface area contributed by atoms with Crippen molar-refractivity contribution in [3.63, 3.8) is 0 Å². The number of nitrogens with zero attached hydrogens (tertiary/aromatic N) is 2. The topological polar surface area (TPSA) is 59.5 Å². The lowest BCUT2D eigenvalue weighted by Gasteiger charge is -2.28. The molecule has 5 nitrogen and oxygen atoms in total. The zero-order chi connectivity index (χ0) is 15.8. The van der Waals surface area contributed by atoms with Gasteiger partial charge in [-0.1, -0.05) is 12.5 Å². The number of fused-ring (bicyclic) bond motifs is 1. The maximum atomic E-state index is 11.8. The number of aryl methyl sites for hydroxylation is 1. The van der Waals surface area contributed by atoms with Crippen molar-refractivity contribution in [1.82, 2.24) is 9.29 Å². The van der Waals surface area contributed by atoms with Gasteiger partial charge in [0, 0.05) is 24.2 Å². The van der Waals surface area contributed by atoms with Crippen LogP contribution in [0.3, 0.4) is 0 Å². The summed E-state index contributed by atoms with van der Waals surface area (Å²) in [5.74, 6) is 0.438. The van der Waals surface area contributed by atoms with Crippen molar-refractivity contribution < 1.29 is 13.2 Å². The zero-order valence-corrected chi connectivity index (χ0v) is 14.1. The van der Waals surface area contributed by atoms with E-state index < -0.39 is 10.0 Å². The maximum absolute atomic E-state index is 11.8. The molecule has 0 unspecified atom stereocenters. The second-order valence-electron chi connectivity index (χ2n) is 6.77. The van der Waals surface area contributed by atoms with Crippen LogP contribution in [0.5, 0.6) is 0 Å². The Morgan fingerprint density at radius 3 is 3.00 bits per heavy atom. The molecule has 0 bridgehead atoms. The van der Waals surface area contributed by atoms with Gasteiger partial charge in [0.15, 0.2) is 0 Å². The van der Waals surface area contributed by atoms with Crippen molar-refractivity contribution in [2.45, 2.75) is 32.8 Å². The normalized spacial score (nSPS) is 28.9. The van der Waals surface area contributed by atoms with Gasteiger partial charge < -0.3 is 4.74 Å². The van der Waals surface area contributed by atoms with E-state index in [4.69, 9.17) is 4.74 Å². The van der Waals surface area contributed by atoms with Gasteiger partial charge in [0.05, 0.1) is 25.2 Å². The number of rotatable bonds is 5. The smallest absolute Gasteiger partial charge is 0.211 e. The molecule has 1 aliphatic heterocycles. The van der Waals surface area contributed by atoms with Gasteiger partial charge in [0.25, 0.3) is 0 Å². The summed E-state index contributed by atoms with van der Waals surface area (Å²) in [5, 5.41) is 0. The van der Waals surface area contributed by atoms with Gasteiger partial charge in [0.1, 0.15) is 0 Å². The molecule has 3 rings (SSSR count). The highest BCUT2D eigenvalue weighted by Crippen LogP contribution is 2.49. The van der Waals surface area contributed by atoms with Crippen LogP contribution in [-0.4, -0.2) is 43.7 Å². The van der Waals surface area contributed by atoms with E-state index in [2.05, 4.69) is 4.98 Å². The molecule has 122 valence electrons. The summed E-state index contributed by atoms with van der Waals surface area (Å²) < 4.78 is 31.2. The van der Waals surface area contributed by atoms with Gasteiger partial charge in [-0.25, -0.2) is 12.7 Å². The molecule has 22 heavy (non-hydrogen) atoms. The first-order valence-corrected chi connectivity index (χ1v) is 9.69. The number of aromatic nitrogens is 1. The van der Waals surface area contributed by atoms with E-state index in [0.29, 0.717) is 32.2 Å². The minimum atomic E-state index is -3.10. The Hall–Kier alpha value is -0.980. The quantitative estimate of drug-likeness (QED) is 0.831. The predicted octanol–water partition coefficient (Wildman–Crippen LogP) is 1.97. The number of ether oxygens (including phenoxy) is 1. The molecule has 6 heteroatoms. The molecule has 2 fully saturated rings.